The molecule has 13 rings (SSSR count). The van der Waals surface area contributed by atoms with Gasteiger partial charge >= 0.3 is 0 Å². The third-order valence-corrected chi connectivity index (χ3v) is 13.9. The van der Waals surface area contributed by atoms with Crippen molar-refractivity contribution in [1.29, 1.82) is 0 Å². The van der Waals surface area contributed by atoms with Crippen molar-refractivity contribution in [3.8, 4) is 34.0 Å². The lowest BCUT2D eigenvalue weighted by molar-refractivity contribution is 0.661. The number of hydrogen-bond donors (Lipinski definition) is 0. The van der Waals surface area contributed by atoms with Crippen LogP contribution in [0.1, 0.15) is 25.0 Å². The van der Waals surface area contributed by atoms with Gasteiger partial charge in [0, 0.05) is 53.7 Å². The molecule has 0 unspecified atom stereocenters. The molecule has 4 nitrogen and oxygen atoms in total. The summed E-state index contributed by atoms with van der Waals surface area (Å²) in [5, 5.41) is 8.42. The van der Waals surface area contributed by atoms with E-state index in [4.69, 9.17) is 9.97 Å². The summed E-state index contributed by atoms with van der Waals surface area (Å²) in [5.74, 6) is 0.680. The molecule has 0 N–H and O–H groups in total. The standard InChI is InChI=1S/C53H34N4S/c1-53(2)40-21-11-8-19-36(40)46-41(53)27-29-44-47(46)38-26-24-31-14-6-7-17-34(31)50(38)57(44)52-54-48(51-49(55-52)37-20-10-13-23-45(37)58-51)32-25-28-43-39(30-32)35-18-9-12-22-42(35)56(43)33-15-4-3-5-16-33/h3-30H,1-2H3. The van der Waals surface area contributed by atoms with Crippen LogP contribution in [-0.4, -0.2) is 19.1 Å². The summed E-state index contributed by atoms with van der Waals surface area (Å²) in [6.07, 6.45) is 0. The summed E-state index contributed by atoms with van der Waals surface area (Å²) in [7, 11) is 0. The van der Waals surface area contributed by atoms with E-state index in [-0.39, 0.29) is 5.41 Å². The topological polar surface area (TPSA) is 35.6 Å². The van der Waals surface area contributed by atoms with Crippen LogP contribution in [0, 0.1) is 0 Å². The highest BCUT2D eigenvalue weighted by molar-refractivity contribution is 7.26. The molecule has 5 heteroatoms. The Hall–Kier alpha value is -7.08. The number of rotatable bonds is 3. The molecule has 12 aromatic rings. The van der Waals surface area contributed by atoms with Gasteiger partial charge in [-0.05, 0) is 70.1 Å². The molecule has 0 radical (unpaired) electrons. The maximum absolute atomic E-state index is 5.69. The Kier molecular flexibility index (Phi) is 6.36. The maximum atomic E-state index is 5.69. The van der Waals surface area contributed by atoms with Crippen molar-refractivity contribution < 1.29 is 0 Å². The van der Waals surface area contributed by atoms with Crippen LogP contribution < -0.4 is 0 Å². The largest absolute Gasteiger partial charge is 0.309 e. The Morgan fingerprint density at radius 1 is 0.517 bits per heavy atom. The summed E-state index contributed by atoms with van der Waals surface area (Å²) in [4.78, 5) is 11.3. The third kappa shape index (κ3) is 4.18. The predicted molar refractivity (Wildman–Crippen MR) is 244 cm³/mol. The van der Waals surface area contributed by atoms with Gasteiger partial charge in [-0.25, -0.2) is 9.97 Å². The van der Waals surface area contributed by atoms with Crippen LogP contribution in [0.25, 0.3) is 109 Å². The van der Waals surface area contributed by atoms with Gasteiger partial charge in [0.1, 0.15) is 0 Å². The van der Waals surface area contributed by atoms with Crippen LogP contribution in [0.15, 0.2) is 170 Å². The number of para-hydroxylation sites is 2. The first-order chi connectivity index (χ1) is 28.5. The molecule has 0 aliphatic heterocycles. The van der Waals surface area contributed by atoms with Crippen LogP contribution in [0.2, 0.25) is 0 Å². The Bertz CT molecular complexity index is 3710. The molecule has 0 spiro atoms. The molecular formula is C53H34N4S. The number of thiophene rings is 1. The van der Waals surface area contributed by atoms with Gasteiger partial charge in [-0.2, -0.15) is 0 Å². The van der Waals surface area contributed by atoms with Gasteiger partial charge in [-0.3, -0.25) is 4.57 Å². The number of benzene rings is 8. The van der Waals surface area contributed by atoms with Gasteiger partial charge in [0.05, 0.1) is 38.0 Å². The van der Waals surface area contributed by atoms with Gasteiger partial charge in [0.2, 0.25) is 5.95 Å². The zero-order valence-corrected chi connectivity index (χ0v) is 32.7. The van der Waals surface area contributed by atoms with Crippen LogP contribution in [0.3, 0.4) is 0 Å². The quantitative estimate of drug-likeness (QED) is 0.180. The molecule has 0 saturated heterocycles. The fraction of sp³-hybridized carbons (Fsp3) is 0.0566. The molecular weight excluding hydrogens is 725 g/mol. The van der Waals surface area contributed by atoms with Gasteiger partial charge in [-0.15, -0.1) is 11.3 Å². The Balaban J connectivity index is 1.16. The summed E-state index contributed by atoms with van der Waals surface area (Å²) >= 11 is 1.78. The molecule has 8 aromatic carbocycles. The summed E-state index contributed by atoms with van der Waals surface area (Å²) in [6.45, 7) is 4.72. The van der Waals surface area contributed by atoms with E-state index in [1.54, 1.807) is 11.3 Å². The van der Waals surface area contributed by atoms with Crippen molar-refractivity contribution in [3.05, 3.63) is 181 Å². The predicted octanol–water partition coefficient (Wildman–Crippen LogP) is 14.2. The molecule has 1 aliphatic carbocycles. The SMILES string of the molecule is CC1(C)c2ccccc2-c2c1ccc1c2c2ccc3ccccc3c2n1-c1nc(-c2ccc3c(c2)c2ccccc2n3-c2ccccc2)c2sc3ccccc3c2n1. The minimum atomic E-state index is -0.119. The van der Waals surface area contributed by atoms with E-state index in [0.717, 1.165) is 43.6 Å². The number of fused-ring (bicyclic) bond motifs is 15. The van der Waals surface area contributed by atoms with Crippen molar-refractivity contribution >= 4 is 86.0 Å². The van der Waals surface area contributed by atoms with Crippen LogP contribution >= 0.6 is 11.3 Å². The zero-order chi connectivity index (χ0) is 38.3. The van der Waals surface area contributed by atoms with Crippen molar-refractivity contribution in [2.45, 2.75) is 19.3 Å². The third-order valence-electron chi connectivity index (χ3n) is 12.7. The van der Waals surface area contributed by atoms with E-state index in [1.165, 1.54) is 70.3 Å². The second-order valence-corrected chi connectivity index (χ2v) is 17.2. The average molecular weight is 759 g/mol. The first kappa shape index (κ1) is 32.1. The fourth-order valence-corrected chi connectivity index (χ4v) is 11.3. The molecule has 0 fully saturated rings. The Morgan fingerprint density at radius 2 is 1.24 bits per heavy atom. The van der Waals surface area contributed by atoms with Crippen molar-refractivity contribution in [1.82, 2.24) is 19.1 Å². The lowest BCUT2D eigenvalue weighted by Gasteiger charge is -2.21. The lowest BCUT2D eigenvalue weighted by atomic mass is 9.82. The molecule has 58 heavy (non-hydrogen) atoms. The molecule has 0 amide bonds. The normalized spacial score (nSPS) is 13.5. The Labute approximate surface area is 337 Å². The van der Waals surface area contributed by atoms with Gasteiger partial charge in [-0.1, -0.05) is 141 Å². The maximum Gasteiger partial charge on any atom is 0.235 e. The van der Waals surface area contributed by atoms with Gasteiger partial charge in [0.25, 0.3) is 0 Å². The molecule has 4 aromatic heterocycles. The average Bonchev–Trinajstić information content (AvgIpc) is 3.99. The first-order valence-electron chi connectivity index (χ1n) is 19.9. The van der Waals surface area contributed by atoms with Crippen LogP contribution in [0.4, 0.5) is 0 Å². The number of hydrogen-bond acceptors (Lipinski definition) is 3. The van der Waals surface area contributed by atoms with Crippen molar-refractivity contribution in [2.24, 2.45) is 0 Å². The smallest absolute Gasteiger partial charge is 0.235 e. The number of nitrogens with zero attached hydrogens (tertiary/aromatic N) is 4. The molecule has 1 aliphatic rings. The van der Waals surface area contributed by atoms with E-state index in [9.17, 15) is 0 Å². The monoisotopic (exact) mass is 758 g/mol. The molecule has 0 atom stereocenters. The molecule has 0 bridgehead atoms. The van der Waals surface area contributed by atoms with E-state index >= 15 is 0 Å². The van der Waals surface area contributed by atoms with E-state index < -0.39 is 0 Å². The second kappa shape index (κ2) is 11.5. The second-order valence-electron chi connectivity index (χ2n) is 16.1. The van der Waals surface area contributed by atoms with Crippen LogP contribution in [0.5, 0.6) is 0 Å². The summed E-state index contributed by atoms with van der Waals surface area (Å²) in [5.41, 5.74) is 14.0. The molecule has 0 saturated carbocycles. The Morgan fingerprint density at radius 3 is 2.14 bits per heavy atom. The van der Waals surface area contributed by atoms with E-state index in [2.05, 4.69) is 193 Å². The highest BCUT2D eigenvalue weighted by atomic mass is 32.1. The van der Waals surface area contributed by atoms with E-state index in [0.29, 0.717) is 5.95 Å². The fourth-order valence-electron chi connectivity index (χ4n) is 10.1. The van der Waals surface area contributed by atoms with Gasteiger partial charge in [0.15, 0.2) is 0 Å². The minimum Gasteiger partial charge on any atom is -0.309 e. The first-order valence-corrected chi connectivity index (χ1v) is 20.7. The minimum absolute atomic E-state index is 0.119. The van der Waals surface area contributed by atoms with Crippen LogP contribution in [-0.2, 0) is 5.41 Å². The summed E-state index contributed by atoms with van der Waals surface area (Å²) in [6, 6.07) is 61.9. The lowest BCUT2D eigenvalue weighted by Crippen LogP contribution is -2.14. The van der Waals surface area contributed by atoms with Gasteiger partial charge < -0.3 is 4.57 Å². The summed E-state index contributed by atoms with van der Waals surface area (Å²) < 4.78 is 7.03. The number of aromatic nitrogens is 4. The highest BCUT2D eigenvalue weighted by Crippen LogP contribution is 2.54. The molecule has 272 valence electrons. The highest BCUT2D eigenvalue weighted by Gasteiger charge is 2.37. The molecule has 4 heterocycles. The zero-order valence-electron chi connectivity index (χ0n) is 31.9. The van der Waals surface area contributed by atoms with E-state index in [1.807, 2.05) is 0 Å². The van der Waals surface area contributed by atoms with Crippen molar-refractivity contribution in [2.75, 3.05) is 0 Å². The van der Waals surface area contributed by atoms with Crippen molar-refractivity contribution in [3.63, 3.8) is 0 Å².